The first kappa shape index (κ1) is 14.9. The van der Waals surface area contributed by atoms with Crippen molar-refractivity contribution in [2.75, 3.05) is 6.26 Å². The van der Waals surface area contributed by atoms with Gasteiger partial charge in [0.05, 0.1) is 0 Å². The molecule has 0 aliphatic heterocycles. The zero-order valence-corrected chi connectivity index (χ0v) is 14.3. The summed E-state index contributed by atoms with van der Waals surface area (Å²) in [5.41, 5.74) is 0.542. The van der Waals surface area contributed by atoms with Crippen molar-refractivity contribution < 1.29 is 13.5 Å². The summed E-state index contributed by atoms with van der Waals surface area (Å²) < 4.78 is 22.5. The van der Waals surface area contributed by atoms with E-state index < -0.39 is 17.6 Å². The van der Waals surface area contributed by atoms with Crippen LogP contribution in [-0.4, -0.2) is 21.4 Å². The van der Waals surface area contributed by atoms with Crippen LogP contribution in [0, 0.1) is 0 Å². The first-order valence-electron chi connectivity index (χ1n) is 4.17. The fourth-order valence-corrected chi connectivity index (χ4v) is 2.47. The van der Waals surface area contributed by atoms with Gasteiger partial charge in [-0.15, -0.1) is 0 Å². The Morgan fingerprint density at radius 3 is 2.19 bits per heavy atom. The number of benzene rings is 1. The lowest BCUT2D eigenvalue weighted by Gasteiger charge is -2.25. The molecule has 1 aromatic rings. The van der Waals surface area contributed by atoms with Gasteiger partial charge in [-0.25, -0.2) is 8.42 Å². The molecule has 0 aliphatic rings. The lowest BCUT2D eigenvalue weighted by atomic mass is 10.1. The second-order valence-corrected chi connectivity index (χ2v) is 12.1. The van der Waals surface area contributed by atoms with E-state index in [1.54, 1.807) is 46.9 Å². The quantitative estimate of drug-likeness (QED) is 0.531. The summed E-state index contributed by atoms with van der Waals surface area (Å²) in [6.07, 6.45) is -0.0489. The molecule has 0 radical (unpaired) electrons. The van der Waals surface area contributed by atoms with Gasteiger partial charge in [-0.05, 0) is 40.3 Å². The number of hydrogen-bond acceptors (Lipinski definition) is 3. The zero-order valence-electron chi connectivity index (χ0n) is 8.19. The molecule has 3 nitrogen and oxygen atoms in total. The van der Waals surface area contributed by atoms with E-state index >= 15 is 0 Å². The summed E-state index contributed by atoms with van der Waals surface area (Å²) in [5.74, 6) is 0. The average molecular weight is 484 g/mol. The van der Waals surface area contributed by atoms with Gasteiger partial charge in [0.2, 0.25) is 1.66 Å². The molecule has 1 rings (SSSR count). The molecule has 0 aromatic heterocycles. The number of rotatable bonds is 3. The molecule has 0 heterocycles. The highest BCUT2D eigenvalue weighted by Gasteiger charge is 2.43. The van der Waals surface area contributed by atoms with Gasteiger partial charge in [0.15, 0.2) is 9.84 Å². The summed E-state index contributed by atoms with van der Waals surface area (Å²) in [6, 6.07) is 6.85. The SMILES string of the molecule is CS(=O)(=O)[C@](Br)(I)[C@H](O)c1ccc(Br)cc1. The Morgan fingerprint density at radius 1 is 1.38 bits per heavy atom. The van der Waals surface area contributed by atoms with E-state index in [4.69, 9.17) is 0 Å². The molecule has 90 valence electrons. The standard InChI is InChI=1S/C9H9Br2IO3S/c1-16(14,15)9(11,12)8(13)6-2-4-7(10)5-3-6/h2-5,8,13H,1H3/t8-,9-/m1/s1. The molecular weight excluding hydrogens is 475 g/mol. The van der Waals surface area contributed by atoms with Crippen molar-refractivity contribution in [2.45, 2.75) is 7.77 Å². The molecular formula is C9H9Br2IO3S. The molecule has 7 heteroatoms. The molecule has 16 heavy (non-hydrogen) atoms. The number of alkyl halides is 2. The third kappa shape index (κ3) is 3.18. The molecule has 0 amide bonds. The maximum absolute atomic E-state index is 11.5. The lowest BCUT2D eigenvalue weighted by molar-refractivity contribution is 0.191. The number of halogens is 3. The summed E-state index contributed by atoms with van der Waals surface area (Å²) in [6.45, 7) is 0. The Balaban J connectivity index is 3.12. The highest BCUT2D eigenvalue weighted by atomic mass is 127. The van der Waals surface area contributed by atoms with Crippen molar-refractivity contribution in [3.05, 3.63) is 34.3 Å². The van der Waals surface area contributed by atoms with E-state index in [-0.39, 0.29) is 0 Å². The smallest absolute Gasteiger partial charge is 0.206 e. The van der Waals surface area contributed by atoms with Crippen LogP contribution in [0.25, 0.3) is 0 Å². The third-order valence-corrected chi connectivity index (χ3v) is 8.93. The van der Waals surface area contributed by atoms with Gasteiger partial charge in [0.25, 0.3) is 0 Å². The molecule has 0 spiro atoms. The number of aliphatic hydroxyl groups is 1. The van der Waals surface area contributed by atoms with Crippen LogP contribution in [0.2, 0.25) is 0 Å². The van der Waals surface area contributed by atoms with Gasteiger partial charge in [-0.3, -0.25) is 0 Å². The zero-order chi connectivity index (χ0) is 12.6. The summed E-state index contributed by atoms with van der Waals surface area (Å²) >= 11 is 8.02. The van der Waals surface area contributed by atoms with E-state index in [1.807, 2.05) is 0 Å². The van der Waals surface area contributed by atoms with Gasteiger partial charge in [0, 0.05) is 10.7 Å². The predicted molar refractivity (Wildman–Crippen MR) is 79.6 cm³/mol. The molecule has 0 fully saturated rings. The maximum atomic E-state index is 11.5. The largest absolute Gasteiger partial charge is 0.385 e. The molecule has 0 unspecified atom stereocenters. The molecule has 0 saturated heterocycles. The molecule has 0 aliphatic carbocycles. The molecule has 2 atom stereocenters. The minimum atomic E-state index is -3.42. The van der Waals surface area contributed by atoms with Crippen molar-refractivity contribution in [3.63, 3.8) is 0 Å². The Hall–Kier alpha value is 0.820. The van der Waals surface area contributed by atoms with Crippen LogP contribution < -0.4 is 0 Å². The van der Waals surface area contributed by atoms with E-state index in [2.05, 4.69) is 31.9 Å². The Labute approximate surface area is 125 Å². The van der Waals surface area contributed by atoms with Crippen LogP contribution in [0.4, 0.5) is 0 Å². The number of sulfone groups is 1. The minimum absolute atomic E-state index is 0.542. The van der Waals surface area contributed by atoms with E-state index in [9.17, 15) is 13.5 Å². The Kier molecular flexibility index (Phi) is 4.85. The first-order chi connectivity index (χ1) is 7.16. The fourth-order valence-electron chi connectivity index (χ4n) is 1.04. The van der Waals surface area contributed by atoms with Crippen LogP contribution in [0.15, 0.2) is 28.7 Å². The second-order valence-electron chi connectivity index (χ2n) is 3.29. The van der Waals surface area contributed by atoms with Crippen molar-refractivity contribution in [2.24, 2.45) is 0 Å². The average Bonchev–Trinajstić information content (AvgIpc) is 2.16. The van der Waals surface area contributed by atoms with Crippen LogP contribution in [0.1, 0.15) is 11.7 Å². The number of hydrogen-bond donors (Lipinski definition) is 1. The van der Waals surface area contributed by atoms with Crippen molar-refractivity contribution in [1.82, 2.24) is 0 Å². The number of aliphatic hydroxyl groups excluding tert-OH is 1. The van der Waals surface area contributed by atoms with Gasteiger partial charge >= 0.3 is 0 Å². The van der Waals surface area contributed by atoms with Gasteiger partial charge in [-0.2, -0.15) is 0 Å². The highest BCUT2D eigenvalue weighted by Crippen LogP contribution is 2.44. The predicted octanol–water partition coefficient (Wildman–Crippen LogP) is 3.01. The highest BCUT2D eigenvalue weighted by molar-refractivity contribution is 14.1. The molecule has 0 bridgehead atoms. The first-order valence-corrected chi connectivity index (χ1v) is 8.73. The molecule has 1 aromatic carbocycles. The van der Waals surface area contributed by atoms with E-state index in [1.165, 1.54) is 0 Å². The normalized spacial score (nSPS) is 17.8. The Morgan fingerprint density at radius 2 is 1.81 bits per heavy atom. The van der Waals surface area contributed by atoms with Crippen LogP contribution in [0.3, 0.4) is 0 Å². The van der Waals surface area contributed by atoms with Gasteiger partial charge < -0.3 is 5.11 Å². The summed E-state index contributed by atoms with van der Waals surface area (Å²) in [7, 11) is -3.42. The van der Waals surface area contributed by atoms with Crippen LogP contribution in [0.5, 0.6) is 0 Å². The van der Waals surface area contributed by atoms with Crippen molar-refractivity contribution >= 4 is 64.3 Å². The Bertz CT molecular complexity index is 470. The lowest BCUT2D eigenvalue weighted by Crippen LogP contribution is -2.31. The van der Waals surface area contributed by atoms with Crippen molar-refractivity contribution in [3.8, 4) is 0 Å². The maximum Gasteiger partial charge on any atom is 0.206 e. The molecule has 1 N–H and O–H groups in total. The van der Waals surface area contributed by atoms with Gasteiger partial charge in [0.1, 0.15) is 6.10 Å². The van der Waals surface area contributed by atoms with E-state index in [0.29, 0.717) is 5.56 Å². The third-order valence-electron chi connectivity index (χ3n) is 2.00. The molecule has 0 saturated carbocycles. The van der Waals surface area contributed by atoms with Crippen LogP contribution >= 0.6 is 54.5 Å². The van der Waals surface area contributed by atoms with Crippen LogP contribution in [-0.2, 0) is 9.84 Å². The van der Waals surface area contributed by atoms with Gasteiger partial charge in [-0.1, -0.05) is 44.0 Å². The monoisotopic (exact) mass is 482 g/mol. The van der Waals surface area contributed by atoms with E-state index in [0.717, 1.165) is 10.7 Å². The topological polar surface area (TPSA) is 54.4 Å². The summed E-state index contributed by atoms with van der Waals surface area (Å²) in [4.78, 5) is 0. The van der Waals surface area contributed by atoms with Crippen molar-refractivity contribution in [1.29, 1.82) is 0 Å². The fraction of sp³-hybridized carbons (Fsp3) is 0.333. The summed E-state index contributed by atoms with van der Waals surface area (Å²) in [5, 5.41) is 10.0. The minimum Gasteiger partial charge on any atom is -0.385 e. The second kappa shape index (κ2) is 5.21.